The first-order valence-corrected chi connectivity index (χ1v) is 9.17. The molecule has 1 aliphatic heterocycles. The van der Waals surface area contributed by atoms with E-state index in [0.717, 1.165) is 30.8 Å². The van der Waals surface area contributed by atoms with Crippen LogP contribution in [-0.2, 0) is 17.5 Å². The predicted molar refractivity (Wildman–Crippen MR) is 101 cm³/mol. The maximum Gasteiger partial charge on any atom is 0.416 e. The normalized spacial score (nSPS) is 17.9. The lowest BCUT2D eigenvalue weighted by atomic mass is 10.1. The average molecular weight is 386 g/mol. The van der Waals surface area contributed by atoms with Gasteiger partial charge in [-0.15, -0.1) is 0 Å². The number of rotatable bonds is 4. The third-order valence-electron chi connectivity index (χ3n) is 4.96. The summed E-state index contributed by atoms with van der Waals surface area (Å²) in [5.41, 5.74) is 3.18. The second kappa shape index (κ2) is 7.45. The summed E-state index contributed by atoms with van der Waals surface area (Å²) in [5.74, 6) is 0. The Kier molecular flexibility index (Phi) is 5.00. The molecule has 1 saturated heterocycles. The van der Waals surface area contributed by atoms with Gasteiger partial charge in [-0.25, -0.2) is 0 Å². The number of hydrogen-bond acceptors (Lipinski definition) is 2. The van der Waals surface area contributed by atoms with E-state index in [1.807, 2.05) is 12.3 Å². The van der Waals surface area contributed by atoms with Gasteiger partial charge in [0.2, 0.25) is 0 Å². The number of halogens is 3. The van der Waals surface area contributed by atoms with Crippen molar-refractivity contribution >= 4 is 0 Å². The molecule has 2 aromatic carbocycles. The lowest BCUT2D eigenvalue weighted by molar-refractivity contribution is -0.137. The van der Waals surface area contributed by atoms with E-state index in [2.05, 4.69) is 36.1 Å². The van der Waals surface area contributed by atoms with Crippen LogP contribution in [0, 0.1) is 6.92 Å². The van der Waals surface area contributed by atoms with E-state index in [4.69, 9.17) is 4.74 Å². The largest absolute Gasteiger partial charge is 0.416 e. The zero-order valence-electron chi connectivity index (χ0n) is 15.5. The molecule has 0 radical (unpaired) electrons. The molecule has 1 aromatic heterocycles. The molecular weight excluding hydrogens is 365 g/mol. The summed E-state index contributed by atoms with van der Waals surface area (Å²) in [6.45, 7) is 4.26. The molecule has 0 aliphatic carbocycles. The number of hydrogen-bond donors (Lipinski definition) is 0. The van der Waals surface area contributed by atoms with E-state index >= 15 is 0 Å². The first-order valence-electron chi connectivity index (χ1n) is 9.17. The molecule has 0 unspecified atom stereocenters. The fourth-order valence-electron chi connectivity index (χ4n) is 3.46. The van der Waals surface area contributed by atoms with Crippen LogP contribution in [0.3, 0.4) is 0 Å². The summed E-state index contributed by atoms with van der Waals surface area (Å²) in [7, 11) is 0. The van der Waals surface area contributed by atoms with Gasteiger partial charge in [0.05, 0.1) is 12.2 Å². The topological polar surface area (TPSA) is 17.4 Å². The van der Waals surface area contributed by atoms with E-state index in [9.17, 15) is 13.2 Å². The van der Waals surface area contributed by atoms with E-state index in [1.54, 1.807) is 16.8 Å². The van der Waals surface area contributed by atoms with Crippen molar-refractivity contribution in [2.45, 2.75) is 25.9 Å². The van der Waals surface area contributed by atoms with E-state index in [-0.39, 0.29) is 6.23 Å². The molecule has 0 N–H and O–H groups in total. The van der Waals surface area contributed by atoms with Crippen molar-refractivity contribution in [3.05, 3.63) is 89.2 Å². The van der Waals surface area contributed by atoms with Gasteiger partial charge < -0.3 is 9.30 Å². The Morgan fingerprint density at radius 1 is 1.07 bits per heavy atom. The fourth-order valence-corrected chi connectivity index (χ4v) is 3.46. The van der Waals surface area contributed by atoms with Crippen LogP contribution in [0.4, 0.5) is 13.2 Å². The maximum absolute atomic E-state index is 13.0. The Labute approximate surface area is 162 Å². The van der Waals surface area contributed by atoms with Crippen molar-refractivity contribution in [3.63, 3.8) is 0 Å². The Morgan fingerprint density at radius 2 is 1.86 bits per heavy atom. The summed E-state index contributed by atoms with van der Waals surface area (Å²) in [4.78, 5) is 2.23. The predicted octanol–water partition coefficient (Wildman–Crippen LogP) is 5.34. The quantitative estimate of drug-likeness (QED) is 0.603. The minimum absolute atomic E-state index is 0.201. The van der Waals surface area contributed by atoms with Gasteiger partial charge in [-0.2, -0.15) is 13.2 Å². The maximum atomic E-state index is 13.0. The summed E-state index contributed by atoms with van der Waals surface area (Å²) in [6.07, 6.45) is -0.941. The summed E-state index contributed by atoms with van der Waals surface area (Å²) < 4.78 is 46.6. The minimum atomic E-state index is -4.36. The highest BCUT2D eigenvalue weighted by molar-refractivity contribution is 5.39. The lowest BCUT2D eigenvalue weighted by Crippen LogP contribution is -2.23. The number of nitrogens with zero attached hydrogens (tertiary/aromatic N) is 2. The van der Waals surface area contributed by atoms with E-state index < -0.39 is 11.7 Å². The molecule has 3 aromatic rings. The first-order chi connectivity index (χ1) is 13.4. The number of ether oxygens (including phenoxy) is 1. The SMILES string of the molecule is Cc1ccc(CN2CCO[C@@H]2c2ccn(-c3cccc(C(F)(F)F)c3)c2)cc1. The second-order valence-corrected chi connectivity index (χ2v) is 7.08. The van der Waals surface area contributed by atoms with Crippen LogP contribution in [-0.4, -0.2) is 22.6 Å². The third-order valence-corrected chi connectivity index (χ3v) is 4.96. The zero-order chi connectivity index (χ0) is 19.7. The molecule has 1 aliphatic rings. The molecule has 28 heavy (non-hydrogen) atoms. The van der Waals surface area contributed by atoms with Crippen LogP contribution in [0.15, 0.2) is 67.0 Å². The summed E-state index contributed by atoms with van der Waals surface area (Å²) in [5, 5.41) is 0. The minimum Gasteiger partial charge on any atom is -0.357 e. The number of benzene rings is 2. The number of alkyl halides is 3. The number of aromatic nitrogens is 1. The van der Waals surface area contributed by atoms with Crippen molar-refractivity contribution in [2.75, 3.05) is 13.2 Å². The lowest BCUT2D eigenvalue weighted by Gasteiger charge is -2.22. The van der Waals surface area contributed by atoms with Crippen molar-refractivity contribution in [3.8, 4) is 5.69 Å². The van der Waals surface area contributed by atoms with Crippen molar-refractivity contribution < 1.29 is 17.9 Å². The van der Waals surface area contributed by atoms with Gasteiger partial charge in [0, 0.05) is 36.7 Å². The molecule has 0 saturated carbocycles. The Hall–Kier alpha value is -2.57. The van der Waals surface area contributed by atoms with Crippen LogP contribution >= 0.6 is 0 Å². The van der Waals surface area contributed by atoms with Crippen LogP contribution in [0.25, 0.3) is 5.69 Å². The molecule has 2 heterocycles. The van der Waals surface area contributed by atoms with Crippen LogP contribution in [0.1, 0.15) is 28.5 Å². The van der Waals surface area contributed by atoms with Gasteiger partial charge in [-0.05, 0) is 36.8 Å². The standard InChI is InChI=1S/C22H21F3N2O/c1-16-5-7-17(8-6-16)14-27-11-12-28-21(27)18-9-10-26(15-18)20-4-2-3-19(13-20)22(23,24)25/h2-10,13,15,21H,11-12,14H2,1H3/t21-/m1/s1. The van der Waals surface area contributed by atoms with Crippen molar-refractivity contribution in [1.29, 1.82) is 0 Å². The first kappa shape index (κ1) is 18.8. The van der Waals surface area contributed by atoms with Crippen molar-refractivity contribution in [2.24, 2.45) is 0 Å². The van der Waals surface area contributed by atoms with Crippen molar-refractivity contribution in [1.82, 2.24) is 9.47 Å². The molecular formula is C22H21F3N2O. The Morgan fingerprint density at radius 3 is 2.61 bits per heavy atom. The van der Waals surface area contributed by atoms with Crippen LogP contribution in [0.2, 0.25) is 0 Å². The Bertz CT molecular complexity index is 947. The molecule has 3 nitrogen and oxygen atoms in total. The highest BCUT2D eigenvalue weighted by Gasteiger charge is 2.31. The van der Waals surface area contributed by atoms with Gasteiger partial charge >= 0.3 is 6.18 Å². The summed E-state index contributed by atoms with van der Waals surface area (Å²) in [6, 6.07) is 15.6. The monoisotopic (exact) mass is 386 g/mol. The number of aryl methyl sites for hydroxylation is 1. The smallest absolute Gasteiger partial charge is 0.357 e. The molecule has 6 heteroatoms. The third kappa shape index (κ3) is 3.98. The molecule has 1 atom stereocenters. The molecule has 0 spiro atoms. The highest BCUT2D eigenvalue weighted by Crippen LogP contribution is 2.32. The van der Waals surface area contributed by atoms with Gasteiger partial charge in [0.1, 0.15) is 6.23 Å². The fraction of sp³-hybridized carbons (Fsp3) is 0.273. The average Bonchev–Trinajstić information content (AvgIpc) is 3.32. The van der Waals surface area contributed by atoms with E-state index in [0.29, 0.717) is 12.3 Å². The van der Waals surface area contributed by atoms with E-state index in [1.165, 1.54) is 17.2 Å². The van der Waals surface area contributed by atoms with Gasteiger partial charge in [0.15, 0.2) is 0 Å². The molecule has 0 bridgehead atoms. The zero-order valence-corrected chi connectivity index (χ0v) is 15.5. The molecule has 1 fully saturated rings. The molecule has 4 rings (SSSR count). The van der Waals surface area contributed by atoms with Gasteiger partial charge in [-0.1, -0.05) is 35.9 Å². The van der Waals surface area contributed by atoms with Gasteiger partial charge in [-0.3, -0.25) is 4.90 Å². The molecule has 0 amide bonds. The highest BCUT2D eigenvalue weighted by atomic mass is 19.4. The van der Waals surface area contributed by atoms with Gasteiger partial charge in [0.25, 0.3) is 0 Å². The Balaban J connectivity index is 1.54. The summed E-state index contributed by atoms with van der Waals surface area (Å²) >= 11 is 0. The van der Waals surface area contributed by atoms with Crippen LogP contribution in [0.5, 0.6) is 0 Å². The van der Waals surface area contributed by atoms with Crippen LogP contribution < -0.4 is 0 Å². The molecule has 146 valence electrons. The second-order valence-electron chi connectivity index (χ2n) is 7.08.